The zero-order chi connectivity index (χ0) is 7.72. The molecule has 0 radical (unpaired) electrons. The van der Waals surface area contributed by atoms with Crippen molar-refractivity contribution in [1.82, 2.24) is 0 Å². The van der Waals surface area contributed by atoms with E-state index in [-0.39, 0.29) is 6.61 Å². The zero-order valence-electron chi connectivity index (χ0n) is 5.14. The number of ether oxygens (including phenoxy) is 1. The number of alkyl halides is 1. The molecule has 3 unspecified atom stereocenters. The Labute approximate surface area is 72.0 Å². The highest BCUT2D eigenvalue weighted by molar-refractivity contribution is 14.1. The molecule has 1 fully saturated rings. The minimum Gasteiger partial charge on any atom is -0.388 e. The first-order valence-electron chi connectivity index (χ1n) is 2.93. The standard InChI is InChI=1S/C5H9IO4/c6-5-4(9)3(8)2(7)1-10-5/h2-5,7-9H,1H2/t2?,3?,4-,5?/m1/s1. The van der Waals surface area contributed by atoms with Gasteiger partial charge in [-0.3, -0.25) is 0 Å². The highest BCUT2D eigenvalue weighted by Crippen LogP contribution is 2.19. The molecule has 0 aromatic rings. The van der Waals surface area contributed by atoms with Crippen molar-refractivity contribution in [3.8, 4) is 0 Å². The van der Waals surface area contributed by atoms with Gasteiger partial charge >= 0.3 is 0 Å². The summed E-state index contributed by atoms with van der Waals surface area (Å²) in [6.45, 7) is 0.0891. The van der Waals surface area contributed by atoms with Gasteiger partial charge in [0.1, 0.15) is 22.4 Å². The van der Waals surface area contributed by atoms with Crippen LogP contribution in [0.5, 0.6) is 0 Å². The Balaban J connectivity index is 2.52. The van der Waals surface area contributed by atoms with Gasteiger partial charge in [-0.2, -0.15) is 0 Å². The Morgan fingerprint density at radius 3 is 2.30 bits per heavy atom. The number of hydrogen-bond acceptors (Lipinski definition) is 4. The Morgan fingerprint density at radius 2 is 1.80 bits per heavy atom. The van der Waals surface area contributed by atoms with E-state index in [9.17, 15) is 0 Å². The van der Waals surface area contributed by atoms with Gasteiger partial charge in [-0.15, -0.1) is 0 Å². The lowest BCUT2D eigenvalue weighted by atomic mass is 10.1. The average Bonchev–Trinajstić information content (AvgIpc) is 1.93. The van der Waals surface area contributed by atoms with E-state index in [2.05, 4.69) is 0 Å². The summed E-state index contributed by atoms with van der Waals surface area (Å²) in [5.74, 6) is 0. The minimum absolute atomic E-state index is 0.0891. The fraction of sp³-hybridized carbons (Fsp3) is 1.00. The fourth-order valence-electron chi connectivity index (χ4n) is 0.770. The van der Waals surface area contributed by atoms with Crippen LogP contribution >= 0.6 is 22.6 Å². The van der Waals surface area contributed by atoms with Crippen LogP contribution in [0.3, 0.4) is 0 Å². The summed E-state index contributed by atoms with van der Waals surface area (Å²) in [4.78, 5) is 0. The number of aliphatic hydroxyl groups excluding tert-OH is 3. The van der Waals surface area contributed by atoms with Crippen molar-refractivity contribution in [2.45, 2.75) is 22.4 Å². The van der Waals surface area contributed by atoms with E-state index in [0.29, 0.717) is 0 Å². The van der Waals surface area contributed by atoms with E-state index >= 15 is 0 Å². The summed E-state index contributed by atoms with van der Waals surface area (Å²) >= 11 is 1.86. The Bertz CT molecular complexity index is 106. The van der Waals surface area contributed by atoms with Crippen LogP contribution < -0.4 is 0 Å². The smallest absolute Gasteiger partial charge is 0.137 e. The van der Waals surface area contributed by atoms with Gasteiger partial charge in [-0.05, 0) is 22.6 Å². The minimum atomic E-state index is -1.07. The van der Waals surface area contributed by atoms with E-state index in [1.54, 1.807) is 0 Å². The Morgan fingerprint density at radius 1 is 1.20 bits per heavy atom. The van der Waals surface area contributed by atoms with Crippen LogP contribution in [0.25, 0.3) is 0 Å². The van der Waals surface area contributed by atoms with Gasteiger partial charge in [-0.25, -0.2) is 0 Å². The maximum atomic E-state index is 9.07. The second-order valence-electron chi connectivity index (χ2n) is 2.23. The summed E-state index contributed by atoms with van der Waals surface area (Å²) in [5.41, 5.74) is 0. The maximum absolute atomic E-state index is 9.07. The molecular formula is C5H9IO4. The van der Waals surface area contributed by atoms with E-state index in [4.69, 9.17) is 20.1 Å². The SMILES string of the molecule is OC1COC(I)[C@H](O)C1O. The molecule has 4 atom stereocenters. The quantitative estimate of drug-likeness (QED) is 0.380. The number of rotatable bonds is 0. The molecular weight excluding hydrogens is 251 g/mol. The van der Waals surface area contributed by atoms with E-state index in [1.807, 2.05) is 22.6 Å². The van der Waals surface area contributed by atoms with Gasteiger partial charge in [0.25, 0.3) is 0 Å². The molecule has 0 aromatic carbocycles. The number of aliphatic hydroxyl groups is 3. The van der Waals surface area contributed by atoms with E-state index in [1.165, 1.54) is 0 Å². The van der Waals surface area contributed by atoms with Crippen molar-refractivity contribution in [1.29, 1.82) is 0 Å². The van der Waals surface area contributed by atoms with Crippen LogP contribution in [0.15, 0.2) is 0 Å². The molecule has 0 spiro atoms. The van der Waals surface area contributed by atoms with Gasteiger partial charge in [0.15, 0.2) is 0 Å². The molecule has 0 aromatic heterocycles. The largest absolute Gasteiger partial charge is 0.388 e. The van der Waals surface area contributed by atoms with Crippen molar-refractivity contribution in [3.63, 3.8) is 0 Å². The first kappa shape index (κ1) is 8.66. The molecule has 1 rings (SSSR count). The van der Waals surface area contributed by atoms with Crippen molar-refractivity contribution < 1.29 is 20.1 Å². The van der Waals surface area contributed by atoms with Crippen LogP contribution in [-0.4, -0.2) is 44.3 Å². The number of hydrogen-bond donors (Lipinski definition) is 3. The average molecular weight is 260 g/mol. The molecule has 4 nitrogen and oxygen atoms in total. The molecule has 0 aliphatic carbocycles. The highest BCUT2D eigenvalue weighted by Gasteiger charge is 2.35. The van der Waals surface area contributed by atoms with Gasteiger partial charge in [0, 0.05) is 0 Å². The van der Waals surface area contributed by atoms with E-state index in [0.717, 1.165) is 0 Å². The first-order valence-corrected chi connectivity index (χ1v) is 4.17. The Kier molecular flexibility index (Phi) is 2.87. The molecule has 60 valence electrons. The van der Waals surface area contributed by atoms with Gasteiger partial charge in [-0.1, -0.05) is 0 Å². The summed E-state index contributed by atoms with van der Waals surface area (Å²) in [5, 5.41) is 27.0. The predicted octanol–water partition coefficient (Wildman–Crippen LogP) is -1.14. The fourth-order valence-corrected chi connectivity index (χ4v) is 1.40. The van der Waals surface area contributed by atoms with Crippen molar-refractivity contribution >= 4 is 22.6 Å². The summed E-state index contributed by atoms with van der Waals surface area (Å²) in [6, 6.07) is 0. The van der Waals surface area contributed by atoms with E-state index < -0.39 is 22.4 Å². The molecule has 1 heterocycles. The molecule has 1 aliphatic rings. The van der Waals surface area contributed by atoms with Crippen LogP contribution in [0.2, 0.25) is 0 Å². The topological polar surface area (TPSA) is 69.9 Å². The van der Waals surface area contributed by atoms with Crippen molar-refractivity contribution in [3.05, 3.63) is 0 Å². The van der Waals surface area contributed by atoms with Crippen LogP contribution in [0.1, 0.15) is 0 Å². The highest BCUT2D eigenvalue weighted by atomic mass is 127. The zero-order valence-corrected chi connectivity index (χ0v) is 7.30. The summed E-state index contributed by atoms with van der Waals surface area (Å²) < 4.78 is 4.48. The lowest BCUT2D eigenvalue weighted by Gasteiger charge is -2.32. The summed E-state index contributed by atoms with van der Waals surface area (Å²) in [6.07, 6.45) is -3.01. The third-order valence-corrected chi connectivity index (χ3v) is 2.54. The molecule has 0 saturated carbocycles. The molecule has 10 heavy (non-hydrogen) atoms. The van der Waals surface area contributed by atoms with Crippen molar-refractivity contribution in [2.75, 3.05) is 6.61 Å². The number of halogens is 1. The molecule has 1 aliphatic heterocycles. The van der Waals surface area contributed by atoms with Crippen LogP contribution in [-0.2, 0) is 4.74 Å². The maximum Gasteiger partial charge on any atom is 0.137 e. The predicted molar refractivity (Wildman–Crippen MR) is 41.8 cm³/mol. The molecule has 1 saturated heterocycles. The summed E-state index contributed by atoms with van der Waals surface area (Å²) in [7, 11) is 0. The lowest BCUT2D eigenvalue weighted by Crippen LogP contribution is -2.50. The van der Waals surface area contributed by atoms with Crippen LogP contribution in [0, 0.1) is 0 Å². The monoisotopic (exact) mass is 260 g/mol. The third kappa shape index (κ3) is 1.59. The van der Waals surface area contributed by atoms with Gasteiger partial charge < -0.3 is 20.1 Å². The van der Waals surface area contributed by atoms with Crippen molar-refractivity contribution in [2.24, 2.45) is 0 Å². The molecule has 0 bridgehead atoms. The Hall–Kier alpha value is 0.570. The second kappa shape index (κ2) is 3.31. The molecule has 5 heteroatoms. The van der Waals surface area contributed by atoms with Gasteiger partial charge in [0.2, 0.25) is 0 Å². The molecule has 3 N–H and O–H groups in total. The third-order valence-electron chi connectivity index (χ3n) is 1.44. The van der Waals surface area contributed by atoms with Gasteiger partial charge in [0.05, 0.1) is 6.61 Å². The molecule has 0 amide bonds. The lowest BCUT2D eigenvalue weighted by molar-refractivity contribution is -0.156. The first-order chi connectivity index (χ1) is 4.63. The second-order valence-corrected chi connectivity index (χ2v) is 3.46. The van der Waals surface area contributed by atoms with Crippen LogP contribution in [0.4, 0.5) is 0 Å². The normalized spacial score (nSPS) is 49.2.